The molecule has 0 saturated heterocycles. The van der Waals surface area contributed by atoms with Crippen molar-refractivity contribution in [3.63, 3.8) is 0 Å². The molecule has 178 valence electrons. The van der Waals surface area contributed by atoms with E-state index in [0.29, 0.717) is 45.1 Å². The molecule has 2 aliphatic heterocycles. The predicted octanol–water partition coefficient (Wildman–Crippen LogP) is 3.68. The maximum absolute atomic E-state index is 14.3. The number of fused-ring (bicyclic) bond motifs is 2. The van der Waals surface area contributed by atoms with Gasteiger partial charge in [-0.25, -0.2) is 4.39 Å². The van der Waals surface area contributed by atoms with Crippen LogP contribution in [-0.2, 0) is 22.7 Å². The summed E-state index contributed by atoms with van der Waals surface area (Å²) in [4.78, 5) is 27.2. The molecule has 0 fully saturated rings. The molecule has 2 heterocycles. The van der Waals surface area contributed by atoms with Gasteiger partial charge in [-0.1, -0.05) is 17.3 Å². The minimum atomic E-state index is -0.569. The number of nitrogens with zero attached hydrogens (tertiary/aromatic N) is 2. The van der Waals surface area contributed by atoms with Crippen molar-refractivity contribution in [2.75, 3.05) is 24.1 Å². The molecule has 2 aliphatic rings. The van der Waals surface area contributed by atoms with Crippen LogP contribution in [0.5, 0.6) is 11.5 Å². The number of nitrogens with one attached hydrogen (secondary N) is 1. The fourth-order valence-corrected chi connectivity index (χ4v) is 4.21. The standard InChI is InChI=1S/C25H20FN3O6/c1-33-21-5-3-2-4-19(21)24(30)27-17-6-7-18-20(10-17)29(25(31)22(18)28-32)11-14-8-16(26)9-15-12-34-13-35-23(14)15/h2-10,32H,11-13H2,1H3,(H,27,30)/b28-22-. The van der Waals surface area contributed by atoms with E-state index in [4.69, 9.17) is 14.2 Å². The normalized spacial score (nSPS) is 15.4. The van der Waals surface area contributed by atoms with Crippen LogP contribution in [0.1, 0.15) is 27.0 Å². The van der Waals surface area contributed by atoms with E-state index in [-0.39, 0.29) is 25.7 Å². The summed E-state index contributed by atoms with van der Waals surface area (Å²) in [5.74, 6) is -0.601. The lowest BCUT2D eigenvalue weighted by Crippen LogP contribution is -2.30. The van der Waals surface area contributed by atoms with Gasteiger partial charge in [0.25, 0.3) is 11.8 Å². The van der Waals surface area contributed by atoms with Gasteiger partial charge in [-0.3, -0.25) is 9.59 Å². The van der Waals surface area contributed by atoms with Crippen LogP contribution in [0, 0.1) is 5.82 Å². The molecule has 10 heteroatoms. The molecule has 3 aromatic rings. The molecule has 35 heavy (non-hydrogen) atoms. The zero-order valence-corrected chi connectivity index (χ0v) is 18.6. The molecule has 3 aromatic carbocycles. The first-order valence-corrected chi connectivity index (χ1v) is 10.6. The number of halogens is 1. The van der Waals surface area contributed by atoms with Crippen molar-refractivity contribution in [1.82, 2.24) is 0 Å². The Bertz CT molecular complexity index is 1370. The van der Waals surface area contributed by atoms with Crippen LogP contribution in [-0.4, -0.2) is 36.6 Å². The van der Waals surface area contributed by atoms with Gasteiger partial charge in [0.2, 0.25) is 0 Å². The van der Waals surface area contributed by atoms with Gasteiger partial charge in [-0.2, -0.15) is 0 Å². The Balaban J connectivity index is 1.49. The largest absolute Gasteiger partial charge is 0.496 e. The molecule has 0 spiro atoms. The maximum Gasteiger partial charge on any atom is 0.281 e. The summed E-state index contributed by atoms with van der Waals surface area (Å²) in [7, 11) is 1.47. The molecule has 2 N–H and O–H groups in total. The SMILES string of the molecule is COc1ccccc1C(=O)Nc1ccc2c(c1)N(Cc1cc(F)cc3c1OCOC3)C(=O)/C2=N\O. The second-order valence-electron chi connectivity index (χ2n) is 7.89. The van der Waals surface area contributed by atoms with Gasteiger partial charge in [-0.15, -0.1) is 0 Å². The van der Waals surface area contributed by atoms with Crippen LogP contribution in [0.3, 0.4) is 0 Å². The summed E-state index contributed by atoms with van der Waals surface area (Å²) < 4.78 is 30.3. The second-order valence-corrected chi connectivity index (χ2v) is 7.89. The van der Waals surface area contributed by atoms with E-state index < -0.39 is 17.6 Å². The summed E-state index contributed by atoms with van der Waals surface area (Å²) in [5, 5.41) is 15.4. The second kappa shape index (κ2) is 9.07. The summed E-state index contributed by atoms with van der Waals surface area (Å²) in [6.45, 7) is 0.153. The minimum absolute atomic E-state index is 0.0125. The van der Waals surface area contributed by atoms with E-state index in [1.165, 1.54) is 24.1 Å². The number of hydrogen-bond donors (Lipinski definition) is 2. The Morgan fingerprint density at radius 1 is 1.23 bits per heavy atom. The van der Waals surface area contributed by atoms with Crippen molar-refractivity contribution in [1.29, 1.82) is 0 Å². The van der Waals surface area contributed by atoms with Gasteiger partial charge in [0.1, 0.15) is 17.3 Å². The number of para-hydroxylation sites is 1. The molecule has 0 bridgehead atoms. The molecular weight excluding hydrogens is 457 g/mol. The molecule has 0 unspecified atom stereocenters. The number of benzene rings is 3. The Hall–Kier alpha value is -4.44. The van der Waals surface area contributed by atoms with Crippen LogP contribution in [0.2, 0.25) is 0 Å². The number of ether oxygens (including phenoxy) is 3. The van der Waals surface area contributed by atoms with Crippen LogP contribution < -0.4 is 19.7 Å². The Kier molecular flexibility index (Phi) is 5.79. The van der Waals surface area contributed by atoms with Gasteiger partial charge in [0.15, 0.2) is 12.5 Å². The summed E-state index contributed by atoms with van der Waals surface area (Å²) >= 11 is 0. The van der Waals surface area contributed by atoms with Gasteiger partial charge in [-0.05, 0) is 42.5 Å². The maximum atomic E-state index is 14.3. The lowest BCUT2D eigenvalue weighted by molar-refractivity contribution is -0.112. The molecule has 0 aromatic heterocycles. The van der Waals surface area contributed by atoms with Gasteiger partial charge < -0.3 is 29.6 Å². The molecule has 0 aliphatic carbocycles. The van der Waals surface area contributed by atoms with Crippen molar-refractivity contribution < 1.29 is 33.4 Å². The van der Waals surface area contributed by atoms with E-state index in [0.717, 1.165) is 0 Å². The van der Waals surface area contributed by atoms with Crippen molar-refractivity contribution in [3.8, 4) is 11.5 Å². The van der Waals surface area contributed by atoms with E-state index in [1.54, 1.807) is 42.5 Å². The number of rotatable bonds is 5. The average molecular weight is 477 g/mol. The third-order valence-electron chi connectivity index (χ3n) is 5.78. The number of hydrogen-bond acceptors (Lipinski definition) is 7. The van der Waals surface area contributed by atoms with E-state index in [1.807, 2.05) is 0 Å². The summed E-state index contributed by atoms with van der Waals surface area (Å²) in [6, 6.07) is 14.2. The minimum Gasteiger partial charge on any atom is -0.496 e. The summed E-state index contributed by atoms with van der Waals surface area (Å²) in [6.07, 6.45) is 0. The van der Waals surface area contributed by atoms with Gasteiger partial charge in [0, 0.05) is 22.4 Å². The van der Waals surface area contributed by atoms with Crippen molar-refractivity contribution in [2.24, 2.45) is 5.16 Å². The van der Waals surface area contributed by atoms with Gasteiger partial charge in [0.05, 0.1) is 31.5 Å². The fraction of sp³-hybridized carbons (Fsp3) is 0.160. The predicted molar refractivity (Wildman–Crippen MR) is 124 cm³/mol. The van der Waals surface area contributed by atoms with Crippen LogP contribution in [0.15, 0.2) is 59.8 Å². The van der Waals surface area contributed by atoms with Crippen LogP contribution >= 0.6 is 0 Å². The molecular formula is C25H20FN3O6. The third kappa shape index (κ3) is 4.04. The zero-order chi connectivity index (χ0) is 24.5. The molecule has 0 atom stereocenters. The van der Waals surface area contributed by atoms with Gasteiger partial charge >= 0.3 is 0 Å². The zero-order valence-electron chi connectivity index (χ0n) is 18.6. The Morgan fingerprint density at radius 2 is 2.06 bits per heavy atom. The van der Waals surface area contributed by atoms with Crippen LogP contribution in [0.4, 0.5) is 15.8 Å². The van der Waals surface area contributed by atoms with Crippen molar-refractivity contribution in [3.05, 3.63) is 82.7 Å². The number of methoxy groups -OCH3 is 1. The van der Waals surface area contributed by atoms with E-state index >= 15 is 0 Å². The topological polar surface area (TPSA) is 110 Å². The third-order valence-corrected chi connectivity index (χ3v) is 5.78. The summed E-state index contributed by atoms with van der Waals surface area (Å²) in [5.41, 5.74) is 2.33. The molecule has 2 amide bonds. The molecule has 9 nitrogen and oxygen atoms in total. The Morgan fingerprint density at radius 3 is 2.86 bits per heavy atom. The smallest absolute Gasteiger partial charge is 0.281 e. The first-order valence-electron chi connectivity index (χ1n) is 10.6. The monoisotopic (exact) mass is 477 g/mol. The highest BCUT2D eigenvalue weighted by Gasteiger charge is 2.36. The number of amides is 2. The van der Waals surface area contributed by atoms with Crippen molar-refractivity contribution >= 4 is 28.9 Å². The number of oxime groups is 1. The molecule has 0 radical (unpaired) electrons. The van der Waals surface area contributed by atoms with Crippen LogP contribution in [0.25, 0.3) is 0 Å². The Labute approximate surface area is 199 Å². The molecule has 5 rings (SSSR count). The first kappa shape index (κ1) is 22.4. The highest BCUT2D eigenvalue weighted by atomic mass is 19.1. The highest BCUT2D eigenvalue weighted by Crippen LogP contribution is 2.37. The number of carbonyl (C=O) groups excluding carboxylic acids is 2. The highest BCUT2D eigenvalue weighted by molar-refractivity contribution is 6.54. The number of anilines is 2. The first-order chi connectivity index (χ1) is 17.0. The lowest BCUT2D eigenvalue weighted by atomic mass is 10.1. The molecule has 0 saturated carbocycles. The quantitative estimate of drug-likeness (QED) is 0.429. The lowest BCUT2D eigenvalue weighted by Gasteiger charge is -2.24. The van der Waals surface area contributed by atoms with Crippen molar-refractivity contribution in [2.45, 2.75) is 13.2 Å². The average Bonchev–Trinajstić information content (AvgIpc) is 3.13. The van der Waals surface area contributed by atoms with E-state index in [9.17, 15) is 19.2 Å². The van der Waals surface area contributed by atoms with E-state index in [2.05, 4.69) is 10.5 Å². The fourth-order valence-electron chi connectivity index (χ4n) is 4.21. The number of carbonyl (C=O) groups is 2.